The Bertz CT molecular complexity index is 342. The number of nitrogens with zero attached hydrogens (tertiary/aromatic N) is 1. The van der Waals surface area contributed by atoms with E-state index in [-0.39, 0.29) is 12.1 Å². The molecule has 2 fully saturated rings. The summed E-state index contributed by atoms with van der Waals surface area (Å²) >= 11 is 0. The fourth-order valence-corrected chi connectivity index (χ4v) is 4.35. The van der Waals surface area contributed by atoms with Crippen LogP contribution in [0.4, 0.5) is 0 Å². The third-order valence-corrected chi connectivity index (χ3v) is 5.67. The zero-order valence-corrected chi connectivity index (χ0v) is 11.8. The molecule has 0 aromatic heterocycles. The van der Waals surface area contributed by atoms with Crippen molar-refractivity contribution in [1.29, 1.82) is 0 Å². The maximum absolute atomic E-state index is 12.3. The molecule has 0 spiro atoms. The monoisotopic (exact) mass is 275 g/mol. The van der Waals surface area contributed by atoms with Crippen LogP contribution < -0.4 is 10.5 Å². The molecule has 6 heteroatoms. The molecule has 18 heavy (non-hydrogen) atoms. The van der Waals surface area contributed by atoms with E-state index in [2.05, 4.69) is 4.72 Å². The molecule has 1 saturated carbocycles. The normalized spacial score (nSPS) is 32.1. The minimum absolute atomic E-state index is 0.0815. The zero-order chi connectivity index (χ0) is 13.0. The molecule has 0 atom stereocenters. The molecule has 2 rings (SSSR count). The summed E-state index contributed by atoms with van der Waals surface area (Å²) in [5.41, 5.74) is 5.84. The minimum atomic E-state index is -3.28. The predicted molar refractivity (Wildman–Crippen MR) is 72.3 cm³/mol. The largest absolute Gasteiger partial charge is 0.328 e. The molecule has 2 aliphatic rings. The molecule has 3 N–H and O–H groups in total. The summed E-state index contributed by atoms with van der Waals surface area (Å²) in [6, 6.07) is 0.335. The Balaban J connectivity index is 1.89. The first kappa shape index (κ1) is 14.2. The minimum Gasteiger partial charge on any atom is -0.328 e. The van der Waals surface area contributed by atoms with Gasteiger partial charge in [-0.1, -0.05) is 12.8 Å². The van der Waals surface area contributed by atoms with Gasteiger partial charge < -0.3 is 5.73 Å². The standard InChI is InChI=1S/C12H25N3O2S/c13-11-5-7-12(8-6-11)14-18(16,17)15-9-3-1-2-4-10-15/h11-12,14H,1-10,13H2. The quantitative estimate of drug-likeness (QED) is 0.806. The Morgan fingerprint density at radius 1 is 0.944 bits per heavy atom. The second-order valence-electron chi connectivity index (χ2n) is 5.55. The van der Waals surface area contributed by atoms with Gasteiger partial charge in [-0.15, -0.1) is 0 Å². The molecule has 0 unspecified atom stereocenters. The van der Waals surface area contributed by atoms with Crippen molar-refractivity contribution < 1.29 is 8.42 Å². The number of hydrogen-bond acceptors (Lipinski definition) is 3. The van der Waals surface area contributed by atoms with E-state index in [4.69, 9.17) is 5.73 Å². The lowest BCUT2D eigenvalue weighted by Gasteiger charge is -2.29. The van der Waals surface area contributed by atoms with Crippen molar-refractivity contribution in [1.82, 2.24) is 9.03 Å². The lowest BCUT2D eigenvalue weighted by molar-refractivity contribution is 0.355. The van der Waals surface area contributed by atoms with Gasteiger partial charge in [-0.2, -0.15) is 17.4 Å². The summed E-state index contributed by atoms with van der Waals surface area (Å²) in [6.45, 7) is 1.34. The van der Waals surface area contributed by atoms with E-state index in [0.29, 0.717) is 13.1 Å². The first-order valence-corrected chi connectivity index (χ1v) is 8.55. The van der Waals surface area contributed by atoms with Crippen molar-refractivity contribution in [2.75, 3.05) is 13.1 Å². The van der Waals surface area contributed by atoms with Gasteiger partial charge in [0.25, 0.3) is 10.2 Å². The maximum Gasteiger partial charge on any atom is 0.279 e. The topological polar surface area (TPSA) is 75.4 Å². The summed E-state index contributed by atoms with van der Waals surface area (Å²) < 4.78 is 29.0. The van der Waals surface area contributed by atoms with Crippen LogP contribution in [0.15, 0.2) is 0 Å². The van der Waals surface area contributed by atoms with Gasteiger partial charge in [0.2, 0.25) is 0 Å². The van der Waals surface area contributed by atoms with Crippen LogP contribution in [0, 0.1) is 0 Å². The van der Waals surface area contributed by atoms with E-state index in [1.807, 2.05) is 0 Å². The third kappa shape index (κ3) is 3.91. The van der Waals surface area contributed by atoms with E-state index in [1.54, 1.807) is 4.31 Å². The van der Waals surface area contributed by atoms with Crippen LogP contribution in [0.1, 0.15) is 51.4 Å². The first-order valence-electron chi connectivity index (χ1n) is 7.11. The van der Waals surface area contributed by atoms with Gasteiger partial charge in [0.15, 0.2) is 0 Å². The molecular formula is C12H25N3O2S. The van der Waals surface area contributed by atoms with E-state index < -0.39 is 10.2 Å². The van der Waals surface area contributed by atoms with Crippen molar-refractivity contribution in [2.24, 2.45) is 5.73 Å². The van der Waals surface area contributed by atoms with Crippen molar-refractivity contribution >= 4 is 10.2 Å². The molecule has 0 aromatic rings. The predicted octanol–water partition coefficient (Wildman–Crippen LogP) is 0.967. The summed E-state index contributed by atoms with van der Waals surface area (Å²) in [7, 11) is -3.28. The maximum atomic E-state index is 12.3. The van der Waals surface area contributed by atoms with Gasteiger partial charge in [-0.05, 0) is 38.5 Å². The van der Waals surface area contributed by atoms with Gasteiger partial charge in [0, 0.05) is 25.2 Å². The second-order valence-corrected chi connectivity index (χ2v) is 7.25. The number of nitrogens with one attached hydrogen (secondary N) is 1. The average Bonchev–Trinajstić information content (AvgIpc) is 2.61. The smallest absolute Gasteiger partial charge is 0.279 e. The zero-order valence-electron chi connectivity index (χ0n) is 11.0. The van der Waals surface area contributed by atoms with Crippen LogP contribution >= 0.6 is 0 Å². The molecule has 1 saturated heterocycles. The molecule has 0 bridgehead atoms. The number of hydrogen-bond donors (Lipinski definition) is 2. The third-order valence-electron chi connectivity index (χ3n) is 3.99. The van der Waals surface area contributed by atoms with E-state index >= 15 is 0 Å². The van der Waals surface area contributed by atoms with E-state index in [0.717, 1.165) is 51.4 Å². The Morgan fingerprint density at radius 3 is 2.06 bits per heavy atom. The van der Waals surface area contributed by atoms with Crippen LogP contribution in [0.25, 0.3) is 0 Å². The number of nitrogens with two attached hydrogens (primary N) is 1. The van der Waals surface area contributed by atoms with Crippen molar-refractivity contribution in [3.63, 3.8) is 0 Å². The van der Waals surface area contributed by atoms with Gasteiger partial charge in [-0.3, -0.25) is 0 Å². The molecule has 1 aliphatic heterocycles. The molecule has 106 valence electrons. The molecule has 1 heterocycles. The number of rotatable bonds is 3. The molecule has 0 aromatic carbocycles. The molecule has 5 nitrogen and oxygen atoms in total. The lowest BCUT2D eigenvalue weighted by Crippen LogP contribution is -2.47. The molecule has 1 aliphatic carbocycles. The van der Waals surface area contributed by atoms with Gasteiger partial charge in [0.05, 0.1) is 0 Å². The summed E-state index contributed by atoms with van der Waals surface area (Å²) in [5.74, 6) is 0. The van der Waals surface area contributed by atoms with Crippen LogP contribution in [-0.2, 0) is 10.2 Å². The van der Waals surface area contributed by atoms with E-state index in [9.17, 15) is 8.42 Å². The Hall–Kier alpha value is -0.170. The van der Waals surface area contributed by atoms with Gasteiger partial charge in [0.1, 0.15) is 0 Å². The molecular weight excluding hydrogens is 250 g/mol. The SMILES string of the molecule is NC1CCC(NS(=O)(=O)N2CCCCCC2)CC1. The highest BCUT2D eigenvalue weighted by atomic mass is 32.2. The first-order chi connectivity index (χ1) is 8.58. The van der Waals surface area contributed by atoms with Gasteiger partial charge in [-0.25, -0.2) is 0 Å². The van der Waals surface area contributed by atoms with Crippen molar-refractivity contribution in [2.45, 2.75) is 63.5 Å². The highest BCUT2D eigenvalue weighted by Crippen LogP contribution is 2.19. The van der Waals surface area contributed by atoms with Crippen LogP contribution in [0.3, 0.4) is 0 Å². The highest BCUT2D eigenvalue weighted by molar-refractivity contribution is 7.87. The average molecular weight is 275 g/mol. The summed E-state index contributed by atoms with van der Waals surface area (Å²) in [6.07, 6.45) is 7.84. The van der Waals surface area contributed by atoms with Crippen LogP contribution in [0.2, 0.25) is 0 Å². The van der Waals surface area contributed by atoms with Crippen LogP contribution in [0.5, 0.6) is 0 Å². The fourth-order valence-electron chi connectivity index (χ4n) is 2.80. The summed E-state index contributed by atoms with van der Waals surface area (Å²) in [4.78, 5) is 0. The molecule has 0 radical (unpaired) electrons. The Morgan fingerprint density at radius 2 is 1.50 bits per heavy atom. The Labute approximate surface area is 110 Å². The van der Waals surface area contributed by atoms with E-state index in [1.165, 1.54) is 0 Å². The highest BCUT2D eigenvalue weighted by Gasteiger charge is 2.27. The molecule has 0 amide bonds. The Kier molecular flexibility index (Phi) is 5.00. The summed E-state index contributed by atoms with van der Waals surface area (Å²) in [5, 5.41) is 0. The fraction of sp³-hybridized carbons (Fsp3) is 1.00. The van der Waals surface area contributed by atoms with Gasteiger partial charge >= 0.3 is 0 Å². The lowest BCUT2D eigenvalue weighted by atomic mass is 9.93. The van der Waals surface area contributed by atoms with Crippen molar-refractivity contribution in [3.8, 4) is 0 Å². The second kappa shape index (κ2) is 6.32. The van der Waals surface area contributed by atoms with Crippen molar-refractivity contribution in [3.05, 3.63) is 0 Å². The van der Waals surface area contributed by atoms with Crippen LogP contribution in [-0.4, -0.2) is 37.9 Å².